The highest BCUT2D eigenvalue weighted by atomic mass is 79.9. The molecule has 0 bridgehead atoms. The highest BCUT2D eigenvalue weighted by molar-refractivity contribution is 9.10. The van der Waals surface area contributed by atoms with Gasteiger partial charge in [0.25, 0.3) is 0 Å². The fourth-order valence-electron chi connectivity index (χ4n) is 1.90. The molecule has 0 spiro atoms. The van der Waals surface area contributed by atoms with Crippen LogP contribution in [0.15, 0.2) is 22.7 Å². The van der Waals surface area contributed by atoms with Crippen LogP contribution in [-0.2, 0) is 4.74 Å². The van der Waals surface area contributed by atoms with Crippen LogP contribution in [0, 0.1) is 5.92 Å². The third kappa shape index (κ3) is 3.12. The number of nitrogen functional groups attached to an aromatic ring is 1. The average Bonchev–Trinajstić information content (AvgIpc) is 2.74. The Balaban J connectivity index is 1.80. The molecule has 1 heterocycles. The molecule has 16 heavy (non-hydrogen) atoms. The van der Waals surface area contributed by atoms with Crippen molar-refractivity contribution in [2.75, 3.05) is 30.8 Å². The normalized spacial score (nSPS) is 19.9. The summed E-state index contributed by atoms with van der Waals surface area (Å²) in [6, 6.07) is 5.83. The van der Waals surface area contributed by atoms with Crippen molar-refractivity contribution >= 4 is 27.3 Å². The zero-order valence-electron chi connectivity index (χ0n) is 9.21. The van der Waals surface area contributed by atoms with E-state index >= 15 is 0 Å². The van der Waals surface area contributed by atoms with E-state index in [0.29, 0.717) is 0 Å². The van der Waals surface area contributed by atoms with Gasteiger partial charge in [-0.1, -0.05) is 0 Å². The molecule has 1 unspecified atom stereocenters. The molecule has 0 radical (unpaired) electrons. The zero-order chi connectivity index (χ0) is 11.4. The van der Waals surface area contributed by atoms with Crippen LogP contribution < -0.4 is 11.1 Å². The van der Waals surface area contributed by atoms with Gasteiger partial charge >= 0.3 is 0 Å². The van der Waals surface area contributed by atoms with Crippen LogP contribution in [0.25, 0.3) is 0 Å². The first-order chi connectivity index (χ1) is 7.75. The summed E-state index contributed by atoms with van der Waals surface area (Å²) in [4.78, 5) is 0. The molecule has 4 heteroatoms. The van der Waals surface area contributed by atoms with E-state index in [1.54, 1.807) is 0 Å². The monoisotopic (exact) mass is 284 g/mol. The minimum absolute atomic E-state index is 0.722. The third-order valence-electron chi connectivity index (χ3n) is 2.89. The van der Waals surface area contributed by atoms with Crippen molar-refractivity contribution in [1.82, 2.24) is 0 Å². The lowest BCUT2D eigenvalue weighted by atomic mass is 10.1. The number of rotatable bonds is 4. The lowest BCUT2D eigenvalue weighted by Crippen LogP contribution is -2.09. The summed E-state index contributed by atoms with van der Waals surface area (Å²) in [5.74, 6) is 0.722. The molecule has 0 amide bonds. The topological polar surface area (TPSA) is 47.3 Å². The Morgan fingerprint density at radius 1 is 1.50 bits per heavy atom. The summed E-state index contributed by atoms with van der Waals surface area (Å²) in [5.41, 5.74) is 7.57. The number of ether oxygens (including phenoxy) is 1. The van der Waals surface area contributed by atoms with Crippen LogP contribution in [0.5, 0.6) is 0 Å². The molecular formula is C12H17BrN2O. The van der Waals surface area contributed by atoms with E-state index < -0.39 is 0 Å². The summed E-state index contributed by atoms with van der Waals surface area (Å²) in [6.07, 6.45) is 2.36. The summed E-state index contributed by atoms with van der Waals surface area (Å²) in [5, 5.41) is 3.41. The van der Waals surface area contributed by atoms with Crippen molar-refractivity contribution in [3.05, 3.63) is 22.7 Å². The predicted molar refractivity (Wildman–Crippen MR) is 70.6 cm³/mol. The van der Waals surface area contributed by atoms with E-state index in [4.69, 9.17) is 10.5 Å². The van der Waals surface area contributed by atoms with Gasteiger partial charge in [-0.3, -0.25) is 0 Å². The number of hydrogen-bond donors (Lipinski definition) is 2. The van der Waals surface area contributed by atoms with Crippen molar-refractivity contribution < 1.29 is 4.74 Å². The molecule has 0 aliphatic carbocycles. The SMILES string of the molecule is Nc1ccc(NCCC2CCOC2)c(Br)c1. The number of nitrogens with two attached hydrogens (primary N) is 1. The molecule has 2 rings (SSSR count). The molecule has 1 aromatic rings. The van der Waals surface area contributed by atoms with Crippen molar-refractivity contribution in [3.8, 4) is 0 Å². The van der Waals surface area contributed by atoms with Gasteiger partial charge in [-0.25, -0.2) is 0 Å². The van der Waals surface area contributed by atoms with Gasteiger partial charge in [-0.05, 0) is 52.9 Å². The van der Waals surface area contributed by atoms with Gasteiger partial charge in [0, 0.05) is 35.6 Å². The second-order valence-corrected chi connectivity index (χ2v) is 5.04. The fraction of sp³-hybridized carbons (Fsp3) is 0.500. The number of hydrogen-bond acceptors (Lipinski definition) is 3. The molecule has 0 saturated carbocycles. The van der Waals surface area contributed by atoms with Gasteiger partial charge in [0.15, 0.2) is 0 Å². The minimum atomic E-state index is 0.722. The van der Waals surface area contributed by atoms with Crippen molar-refractivity contribution in [3.63, 3.8) is 0 Å². The first-order valence-corrected chi connectivity index (χ1v) is 6.41. The molecular weight excluding hydrogens is 268 g/mol. The van der Waals surface area contributed by atoms with Gasteiger partial charge in [0.05, 0.1) is 0 Å². The molecule has 1 aliphatic rings. The summed E-state index contributed by atoms with van der Waals surface area (Å²) >= 11 is 3.49. The van der Waals surface area contributed by atoms with E-state index in [1.807, 2.05) is 18.2 Å². The molecule has 1 fully saturated rings. The fourth-order valence-corrected chi connectivity index (χ4v) is 2.43. The van der Waals surface area contributed by atoms with Crippen LogP contribution in [0.2, 0.25) is 0 Å². The smallest absolute Gasteiger partial charge is 0.0495 e. The maximum Gasteiger partial charge on any atom is 0.0495 e. The quantitative estimate of drug-likeness (QED) is 0.836. The molecule has 1 atom stereocenters. The minimum Gasteiger partial charge on any atom is -0.399 e. The Bertz CT molecular complexity index is 351. The first kappa shape index (κ1) is 11.7. The van der Waals surface area contributed by atoms with Crippen molar-refractivity contribution in [2.24, 2.45) is 5.92 Å². The highest BCUT2D eigenvalue weighted by Crippen LogP contribution is 2.25. The van der Waals surface area contributed by atoms with E-state index in [9.17, 15) is 0 Å². The largest absolute Gasteiger partial charge is 0.399 e. The molecule has 3 N–H and O–H groups in total. The number of anilines is 2. The van der Waals surface area contributed by atoms with Crippen LogP contribution in [0.1, 0.15) is 12.8 Å². The van der Waals surface area contributed by atoms with E-state index in [-0.39, 0.29) is 0 Å². The molecule has 1 saturated heterocycles. The molecule has 88 valence electrons. The second kappa shape index (κ2) is 5.55. The highest BCUT2D eigenvalue weighted by Gasteiger charge is 2.14. The maximum atomic E-state index is 5.68. The molecule has 0 aromatic heterocycles. The van der Waals surface area contributed by atoms with Crippen LogP contribution >= 0.6 is 15.9 Å². The molecule has 3 nitrogen and oxygen atoms in total. The van der Waals surface area contributed by atoms with Crippen LogP contribution in [0.3, 0.4) is 0 Å². The van der Waals surface area contributed by atoms with Gasteiger partial charge in [-0.2, -0.15) is 0 Å². The Morgan fingerprint density at radius 2 is 2.38 bits per heavy atom. The van der Waals surface area contributed by atoms with Gasteiger partial charge in [0.2, 0.25) is 0 Å². The Morgan fingerprint density at radius 3 is 3.06 bits per heavy atom. The summed E-state index contributed by atoms with van der Waals surface area (Å²) in [6.45, 7) is 2.83. The summed E-state index contributed by atoms with van der Waals surface area (Å²) < 4.78 is 6.37. The lowest BCUT2D eigenvalue weighted by Gasteiger charge is -2.11. The first-order valence-electron chi connectivity index (χ1n) is 5.62. The van der Waals surface area contributed by atoms with Crippen LogP contribution in [-0.4, -0.2) is 19.8 Å². The van der Waals surface area contributed by atoms with Gasteiger partial charge < -0.3 is 15.8 Å². The van der Waals surface area contributed by atoms with E-state index in [2.05, 4.69) is 21.2 Å². The number of halogens is 1. The zero-order valence-corrected chi connectivity index (χ0v) is 10.8. The van der Waals surface area contributed by atoms with E-state index in [0.717, 1.165) is 47.9 Å². The Kier molecular flexibility index (Phi) is 4.07. The Labute approximate surface area is 104 Å². The number of nitrogens with one attached hydrogen (secondary N) is 1. The lowest BCUT2D eigenvalue weighted by molar-refractivity contribution is 0.185. The van der Waals surface area contributed by atoms with Gasteiger partial charge in [0.1, 0.15) is 0 Å². The second-order valence-electron chi connectivity index (χ2n) is 4.18. The third-order valence-corrected chi connectivity index (χ3v) is 3.54. The van der Waals surface area contributed by atoms with Crippen molar-refractivity contribution in [1.29, 1.82) is 0 Å². The van der Waals surface area contributed by atoms with Crippen LogP contribution in [0.4, 0.5) is 11.4 Å². The van der Waals surface area contributed by atoms with Gasteiger partial charge in [-0.15, -0.1) is 0 Å². The standard InChI is InChI=1S/C12H17BrN2O/c13-11-7-10(14)1-2-12(11)15-5-3-9-4-6-16-8-9/h1-2,7,9,15H,3-6,8,14H2. The maximum absolute atomic E-state index is 5.68. The molecule has 1 aliphatic heterocycles. The summed E-state index contributed by atoms with van der Waals surface area (Å²) in [7, 11) is 0. The Hall–Kier alpha value is -0.740. The predicted octanol–water partition coefficient (Wildman–Crippen LogP) is 2.87. The van der Waals surface area contributed by atoms with Crippen molar-refractivity contribution in [2.45, 2.75) is 12.8 Å². The average molecular weight is 285 g/mol. The number of benzene rings is 1. The van der Waals surface area contributed by atoms with E-state index in [1.165, 1.54) is 6.42 Å². The molecule has 1 aromatic carbocycles.